The van der Waals surface area contributed by atoms with E-state index >= 15 is 0 Å². The maximum atomic E-state index is 5.50. The van der Waals surface area contributed by atoms with Gasteiger partial charge < -0.3 is 19.7 Å². The van der Waals surface area contributed by atoms with Crippen LogP contribution in [0.3, 0.4) is 0 Å². The number of likely N-dealkylation sites (N-methyl/N-ethyl adjacent to an activating group) is 1. The Morgan fingerprint density at radius 3 is 2.71 bits per heavy atom. The monoisotopic (exact) mass is 298 g/mol. The van der Waals surface area contributed by atoms with Gasteiger partial charge in [-0.25, -0.2) is 0 Å². The molecule has 1 aromatic rings. The number of methoxy groups -OCH3 is 2. The first-order valence-corrected chi connectivity index (χ1v) is 7.60. The van der Waals surface area contributed by atoms with Gasteiger partial charge in [-0.1, -0.05) is 6.92 Å². The molecule has 0 saturated heterocycles. The van der Waals surface area contributed by atoms with Crippen molar-refractivity contribution in [2.45, 2.75) is 32.4 Å². The average Bonchev–Trinajstić information content (AvgIpc) is 2.87. The van der Waals surface area contributed by atoms with E-state index in [2.05, 4.69) is 41.0 Å². The normalized spacial score (nSPS) is 12.9. The van der Waals surface area contributed by atoms with E-state index in [1.807, 2.05) is 6.20 Å². The van der Waals surface area contributed by atoms with Gasteiger partial charge in [0.15, 0.2) is 5.75 Å². The molecule has 1 aromatic heterocycles. The van der Waals surface area contributed by atoms with Gasteiger partial charge >= 0.3 is 0 Å². The molecule has 0 bridgehead atoms. The van der Waals surface area contributed by atoms with Crippen LogP contribution in [0.1, 0.15) is 31.5 Å². The Kier molecular flexibility index (Phi) is 8.34. The van der Waals surface area contributed by atoms with Crippen LogP contribution in [0.15, 0.2) is 6.20 Å². The standard InChI is InChI=1S/C15H30N4O2/c1-6-16-13(8-7-11-20-4)15-14(21-5)12-17-19(15)10-9-18(2)3/h12-13,16H,6-11H2,1-5H3. The lowest BCUT2D eigenvalue weighted by Gasteiger charge is -2.21. The van der Waals surface area contributed by atoms with Gasteiger partial charge in [0.25, 0.3) is 0 Å². The molecule has 0 aliphatic rings. The molecule has 1 heterocycles. The molecule has 1 rings (SSSR count). The topological polar surface area (TPSA) is 51.5 Å². The molecular weight excluding hydrogens is 268 g/mol. The fourth-order valence-corrected chi connectivity index (χ4v) is 2.37. The summed E-state index contributed by atoms with van der Waals surface area (Å²) in [5.41, 5.74) is 1.14. The number of aromatic nitrogens is 2. The first-order valence-electron chi connectivity index (χ1n) is 7.60. The molecular formula is C15H30N4O2. The molecule has 0 spiro atoms. The Balaban J connectivity index is 2.88. The quantitative estimate of drug-likeness (QED) is 0.628. The van der Waals surface area contributed by atoms with Crippen LogP contribution in [-0.2, 0) is 11.3 Å². The minimum atomic E-state index is 0.241. The van der Waals surface area contributed by atoms with Crippen LogP contribution >= 0.6 is 0 Å². The van der Waals surface area contributed by atoms with E-state index < -0.39 is 0 Å². The minimum Gasteiger partial charge on any atom is -0.493 e. The predicted molar refractivity (Wildman–Crippen MR) is 84.9 cm³/mol. The molecule has 6 heteroatoms. The van der Waals surface area contributed by atoms with Crippen molar-refractivity contribution in [1.82, 2.24) is 20.0 Å². The molecule has 0 amide bonds. The van der Waals surface area contributed by atoms with E-state index in [1.165, 1.54) is 0 Å². The average molecular weight is 298 g/mol. The summed E-state index contributed by atoms with van der Waals surface area (Å²) in [6.45, 7) is 5.62. The van der Waals surface area contributed by atoms with Crippen molar-refractivity contribution in [2.75, 3.05) is 48.0 Å². The number of hydrogen-bond acceptors (Lipinski definition) is 5. The molecule has 122 valence electrons. The van der Waals surface area contributed by atoms with Crippen LogP contribution in [-0.4, -0.2) is 62.7 Å². The maximum absolute atomic E-state index is 5.50. The van der Waals surface area contributed by atoms with Gasteiger partial charge in [0.2, 0.25) is 0 Å². The molecule has 1 atom stereocenters. The van der Waals surface area contributed by atoms with Crippen LogP contribution < -0.4 is 10.1 Å². The second-order valence-electron chi connectivity index (χ2n) is 5.37. The summed E-state index contributed by atoms with van der Waals surface area (Å²) in [5, 5.41) is 8.02. The highest BCUT2D eigenvalue weighted by Crippen LogP contribution is 2.28. The van der Waals surface area contributed by atoms with E-state index in [0.717, 1.165) is 50.5 Å². The second kappa shape index (κ2) is 9.76. The molecule has 0 fully saturated rings. The van der Waals surface area contributed by atoms with E-state index in [0.29, 0.717) is 0 Å². The lowest BCUT2D eigenvalue weighted by atomic mass is 10.1. The number of ether oxygens (including phenoxy) is 2. The van der Waals surface area contributed by atoms with Crippen LogP contribution in [0.4, 0.5) is 0 Å². The molecule has 1 N–H and O–H groups in total. The summed E-state index contributed by atoms with van der Waals surface area (Å²) in [7, 11) is 7.58. The van der Waals surface area contributed by atoms with E-state index in [4.69, 9.17) is 9.47 Å². The van der Waals surface area contributed by atoms with Crippen molar-refractivity contribution in [2.24, 2.45) is 0 Å². The van der Waals surface area contributed by atoms with Crippen molar-refractivity contribution in [3.8, 4) is 5.75 Å². The smallest absolute Gasteiger partial charge is 0.161 e. The zero-order chi connectivity index (χ0) is 15.7. The summed E-state index contributed by atoms with van der Waals surface area (Å²) in [6, 6.07) is 0.241. The number of hydrogen-bond donors (Lipinski definition) is 1. The van der Waals surface area contributed by atoms with Gasteiger partial charge in [0.05, 0.1) is 31.6 Å². The van der Waals surface area contributed by atoms with Crippen LogP contribution in [0, 0.1) is 0 Å². The Bertz CT molecular complexity index is 393. The summed E-state index contributed by atoms with van der Waals surface area (Å²) in [6.07, 6.45) is 3.83. The van der Waals surface area contributed by atoms with Gasteiger partial charge in [-0.05, 0) is 33.5 Å². The van der Waals surface area contributed by atoms with Crippen molar-refractivity contribution in [1.29, 1.82) is 0 Å². The molecule has 0 aromatic carbocycles. The third-order valence-corrected chi connectivity index (χ3v) is 3.45. The first kappa shape index (κ1) is 17.9. The van der Waals surface area contributed by atoms with E-state index in [9.17, 15) is 0 Å². The molecule has 0 aliphatic heterocycles. The molecule has 21 heavy (non-hydrogen) atoms. The highest BCUT2D eigenvalue weighted by Gasteiger charge is 2.21. The van der Waals surface area contributed by atoms with Gasteiger partial charge in [-0.2, -0.15) is 5.10 Å². The highest BCUT2D eigenvalue weighted by molar-refractivity contribution is 5.28. The number of rotatable bonds is 11. The van der Waals surface area contributed by atoms with Gasteiger partial charge in [0.1, 0.15) is 0 Å². The molecule has 1 unspecified atom stereocenters. The van der Waals surface area contributed by atoms with Crippen molar-refractivity contribution in [3.63, 3.8) is 0 Å². The fourth-order valence-electron chi connectivity index (χ4n) is 2.37. The van der Waals surface area contributed by atoms with Crippen LogP contribution in [0.2, 0.25) is 0 Å². The van der Waals surface area contributed by atoms with Crippen molar-refractivity contribution >= 4 is 0 Å². The summed E-state index contributed by atoms with van der Waals surface area (Å²) in [4.78, 5) is 2.16. The summed E-state index contributed by atoms with van der Waals surface area (Å²) < 4.78 is 12.7. The third-order valence-electron chi connectivity index (χ3n) is 3.45. The predicted octanol–water partition coefficient (Wildman–Crippen LogP) is 1.53. The van der Waals surface area contributed by atoms with Gasteiger partial charge in [-0.15, -0.1) is 0 Å². The lowest BCUT2D eigenvalue weighted by molar-refractivity contribution is 0.188. The van der Waals surface area contributed by atoms with Crippen LogP contribution in [0.5, 0.6) is 5.75 Å². The molecule has 6 nitrogen and oxygen atoms in total. The van der Waals surface area contributed by atoms with Crippen molar-refractivity contribution < 1.29 is 9.47 Å². The summed E-state index contributed by atoms with van der Waals surface area (Å²) >= 11 is 0. The largest absolute Gasteiger partial charge is 0.493 e. The minimum absolute atomic E-state index is 0.241. The molecule has 0 radical (unpaired) electrons. The Hall–Kier alpha value is -1.11. The third kappa shape index (κ3) is 5.65. The van der Waals surface area contributed by atoms with E-state index in [1.54, 1.807) is 14.2 Å². The SMILES string of the molecule is CCNC(CCCOC)c1c(OC)cnn1CCN(C)C. The van der Waals surface area contributed by atoms with E-state index in [-0.39, 0.29) is 6.04 Å². The van der Waals surface area contributed by atoms with Gasteiger partial charge in [0, 0.05) is 20.3 Å². The number of nitrogens with zero attached hydrogens (tertiary/aromatic N) is 3. The van der Waals surface area contributed by atoms with Crippen LogP contribution in [0.25, 0.3) is 0 Å². The maximum Gasteiger partial charge on any atom is 0.161 e. The fraction of sp³-hybridized carbons (Fsp3) is 0.800. The Morgan fingerprint density at radius 1 is 1.38 bits per heavy atom. The Morgan fingerprint density at radius 2 is 2.14 bits per heavy atom. The second-order valence-corrected chi connectivity index (χ2v) is 5.37. The zero-order valence-corrected chi connectivity index (χ0v) is 14.1. The number of nitrogens with one attached hydrogen (secondary N) is 1. The summed E-state index contributed by atoms with van der Waals surface area (Å²) in [5.74, 6) is 0.858. The van der Waals surface area contributed by atoms with Gasteiger partial charge in [-0.3, -0.25) is 4.68 Å². The molecule has 0 aliphatic carbocycles. The first-order chi connectivity index (χ1) is 10.1. The highest BCUT2D eigenvalue weighted by atomic mass is 16.5. The molecule has 0 saturated carbocycles. The lowest BCUT2D eigenvalue weighted by Crippen LogP contribution is -2.27. The zero-order valence-electron chi connectivity index (χ0n) is 14.1. The van der Waals surface area contributed by atoms with Crippen molar-refractivity contribution in [3.05, 3.63) is 11.9 Å². The Labute approximate surface area is 128 Å².